The number of methoxy groups -OCH3 is 1. The van der Waals surface area contributed by atoms with Crippen LogP contribution >= 0.6 is 11.6 Å². The Morgan fingerprint density at radius 1 is 1.28 bits per heavy atom. The minimum absolute atomic E-state index is 0.168. The normalized spacial score (nSPS) is 15.6. The summed E-state index contributed by atoms with van der Waals surface area (Å²) in [6.45, 7) is 4.93. The van der Waals surface area contributed by atoms with E-state index in [0.29, 0.717) is 10.8 Å². The molecular formula is C20H24ClN4O4+. The van der Waals surface area contributed by atoms with E-state index in [-0.39, 0.29) is 23.3 Å². The van der Waals surface area contributed by atoms with Gasteiger partial charge in [0.25, 0.3) is 11.6 Å². The van der Waals surface area contributed by atoms with Crippen LogP contribution in [0.1, 0.15) is 6.92 Å². The number of carbonyl (C=O) groups excluding carboxylic acids is 1. The van der Waals surface area contributed by atoms with Crippen LogP contribution in [0.25, 0.3) is 0 Å². The number of amides is 1. The van der Waals surface area contributed by atoms with Crippen LogP contribution in [-0.2, 0) is 4.79 Å². The quantitative estimate of drug-likeness (QED) is 0.552. The molecule has 0 aromatic heterocycles. The summed E-state index contributed by atoms with van der Waals surface area (Å²) in [5.74, 6) is 0.114. The number of para-hydroxylation sites is 1. The smallest absolute Gasteiger partial charge is 0.296 e. The summed E-state index contributed by atoms with van der Waals surface area (Å²) in [6, 6.07) is 11.8. The van der Waals surface area contributed by atoms with E-state index in [2.05, 4.69) is 10.2 Å². The van der Waals surface area contributed by atoms with Crippen molar-refractivity contribution in [3.63, 3.8) is 0 Å². The molecule has 0 spiro atoms. The van der Waals surface area contributed by atoms with Gasteiger partial charge >= 0.3 is 0 Å². The van der Waals surface area contributed by atoms with Gasteiger partial charge in [-0.05, 0) is 31.2 Å². The van der Waals surface area contributed by atoms with Crippen molar-refractivity contribution in [3.05, 3.63) is 57.6 Å². The van der Waals surface area contributed by atoms with Gasteiger partial charge in [0.05, 0.1) is 55.0 Å². The number of quaternary nitrogens is 1. The van der Waals surface area contributed by atoms with E-state index in [1.165, 1.54) is 19.2 Å². The van der Waals surface area contributed by atoms with Gasteiger partial charge in [0.2, 0.25) is 0 Å². The molecular weight excluding hydrogens is 396 g/mol. The molecule has 2 aromatic rings. The van der Waals surface area contributed by atoms with Gasteiger partial charge in [-0.3, -0.25) is 14.9 Å². The summed E-state index contributed by atoms with van der Waals surface area (Å²) in [4.78, 5) is 26.9. The maximum absolute atomic E-state index is 12.7. The van der Waals surface area contributed by atoms with Gasteiger partial charge in [-0.2, -0.15) is 0 Å². The lowest BCUT2D eigenvalue weighted by atomic mass is 10.2. The highest BCUT2D eigenvalue weighted by atomic mass is 35.5. The second kappa shape index (κ2) is 9.11. The van der Waals surface area contributed by atoms with E-state index in [1.54, 1.807) is 6.07 Å². The number of carbonyl (C=O) groups is 1. The number of hydrogen-bond donors (Lipinski definition) is 2. The van der Waals surface area contributed by atoms with Crippen molar-refractivity contribution < 1.29 is 19.4 Å². The van der Waals surface area contributed by atoms with Crippen LogP contribution in [0.5, 0.6) is 5.75 Å². The highest BCUT2D eigenvalue weighted by Crippen LogP contribution is 2.29. The molecule has 0 unspecified atom stereocenters. The molecule has 8 nitrogen and oxygen atoms in total. The Morgan fingerprint density at radius 2 is 1.97 bits per heavy atom. The molecule has 1 atom stereocenters. The zero-order valence-electron chi connectivity index (χ0n) is 16.4. The van der Waals surface area contributed by atoms with Crippen LogP contribution in [0.15, 0.2) is 42.5 Å². The molecule has 9 heteroatoms. The minimum atomic E-state index is -0.530. The predicted octanol–water partition coefficient (Wildman–Crippen LogP) is 1.99. The molecule has 1 aliphatic rings. The number of nitrogens with one attached hydrogen (secondary N) is 2. The second-order valence-electron chi connectivity index (χ2n) is 6.95. The van der Waals surface area contributed by atoms with Gasteiger partial charge in [0, 0.05) is 0 Å². The van der Waals surface area contributed by atoms with E-state index in [4.69, 9.17) is 16.3 Å². The molecule has 0 radical (unpaired) electrons. The fraction of sp³-hybridized carbons (Fsp3) is 0.350. The molecule has 1 heterocycles. The third-order valence-electron chi connectivity index (χ3n) is 5.26. The molecule has 29 heavy (non-hydrogen) atoms. The maximum Gasteiger partial charge on any atom is 0.296 e. The third kappa shape index (κ3) is 4.78. The van der Waals surface area contributed by atoms with Crippen LogP contribution in [0.3, 0.4) is 0 Å². The zero-order valence-corrected chi connectivity index (χ0v) is 17.1. The molecule has 2 aromatic carbocycles. The Labute approximate surface area is 174 Å². The number of ether oxygens (including phenoxy) is 1. The Morgan fingerprint density at radius 3 is 2.59 bits per heavy atom. The van der Waals surface area contributed by atoms with Crippen molar-refractivity contribution in [3.8, 4) is 5.75 Å². The molecule has 0 saturated carbocycles. The molecule has 2 N–H and O–H groups in total. The number of rotatable bonds is 6. The summed E-state index contributed by atoms with van der Waals surface area (Å²) in [5, 5.41) is 14.7. The van der Waals surface area contributed by atoms with Gasteiger partial charge in [-0.25, -0.2) is 0 Å². The van der Waals surface area contributed by atoms with Crippen molar-refractivity contribution in [2.75, 3.05) is 43.5 Å². The fourth-order valence-electron chi connectivity index (χ4n) is 3.50. The lowest BCUT2D eigenvalue weighted by molar-refractivity contribution is -0.914. The molecule has 3 rings (SSSR count). The number of nitro groups is 1. The fourth-order valence-corrected chi connectivity index (χ4v) is 3.75. The van der Waals surface area contributed by atoms with Crippen LogP contribution in [0.2, 0.25) is 5.02 Å². The first-order valence-corrected chi connectivity index (χ1v) is 9.76. The summed E-state index contributed by atoms with van der Waals surface area (Å²) in [6.07, 6.45) is 0. The number of halogens is 1. The highest BCUT2D eigenvalue weighted by Gasteiger charge is 2.31. The lowest BCUT2D eigenvalue weighted by Crippen LogP contribution is -3.19. The van der Waals surface area contributed by atoms with Crippen LogP contribution in [0, 0.1) is 10.1 Å². The average Bonchev–Trinajstić information content (AvgIpc) is 2.73. The van der Waals surface area contributed by atoms with Crippen LogP contribution < -0.4 is 19.9 Å². The van der Waals surface area contributed by atoms with Crippen molar-refractivity contribution in [1.82, 2.24) is 0 Å². The van der Waals surface area contributed by atoms with Gasteiger partial charge in [0.1, 0.15) is 11.4 Å². The molecule has 1 aliphatic heterocycles. The minimum Gasteiger partial charge on any atom is -0.496 e. The summed E-state index contributed by atoms with van der Waals surface area (Å²) < 4.78 is 5.03. The van der Waals surface area contributed by atoms with E-state index < -0.39 is 4.92 Å². The number of anilines is 2. The number of piperazine rings is 1. The number of nitro benzene ring substituents is 1. The third-order valence-corrected chi connectivity index (χ3v) is 5.58. The van der Waals surface area contributed by atoms with E-state index in [9.17, 15) is 14.9 Å². The predicted molar refractivity (Wildman–Crippen MR) is 112 cm³/mol. The van der Waals surface area contributed by atoms with E-state index >= 15 is 0 Å². The lowest BCUT2D eigenvalue weighted by Gasteiger charge is -2.36. The monoisotopic (exact) mass is 419 g/mol. The van der Waals surface area contributed by atoms with E-state index in [1.807, 2.05) is 31.2 Å². The highest BCUT2D eigenvalue weighted by molar-refractivity contribution is 6.33. The van der Waals surface area contributed by atoms with E-state index in [0.717, 1.165) is 36.8 Å². The maximum atomic E-state index is 12.7. The SMILES string of the molecule is COc1ccc(NC(=O)[C@H](C)[NH+]2CCN(c3ccccc3Cl)CC2)c([N+](=O)[O-])c1. The van der Waals surface area contributed by atoms with Crippen molar-refractivity contribution >= 4 is 34.6 Å². The summed E-state index contributed by atoms with van der Waals surface area (Å²) in [7, 11) is 1.44. The first kappa shape index (κ1) is 20.9. The molecule has 1 amide bonds. The molecule has 1 fully saturated rings. The number of benzene rings is 2. The van der Waals surface area contributed by atoms with Gasteiger partial charge < -0.3 is 19.9 Å². The van der Waals surface area contributed by atoms with Crippen molar-refractivity contribution in [1.29, 1.82) is 0 Å². The largest absolute Gasteiger partial charge is 0.496 e. The molecule has 1 saturated heterocycles. The molecule has 0 bridgehead atoms. The first-order chi connectivity index (χ1) is 13.9. The van der Waals surface area contributed by atoms with Gasteiger partial charge in [-0.1, -0.05) is 23.7 Å². The van der Waals surface area contributed by atoms with Crippen LogP contribution in [-0.4, -0.2) is 50.2 Å². The summed E-state index contributed by atoms with van der Waals surface area (Å²) >= 11 is 6.28. The standard InChI is InChI=1S/C20H23ClN4O4/c1-14(20(26)22-17-8-7-15(29-2)13-19(17)25(27)28)23-9-11-24(12-10-23)18-6-4-3-5-16(18)21/h3-8,13-14H,9-12H2,1-2H3,(H,22,26)/p+1/t14-/m0/s1. The summed E-state index contributed by atoms with van der Waals surface area (Å²) in [5.41, 5.74) is 0.976. The van der Waals surface area contributed by atoms with Crippen LogP contribution in [0.4, 0.5) is 17.1 Å². The Bertz CT molecular complexity index is 900. The number of hydrogen-bond acceptors (Lipinski definition) is 5. The first-order valence-electron chi connectivity index (χ1n) is 9.38. The van der Waals surface area contributed by atoms with Crippen molar-refractivity contribution in [2.45, 2.75) is 13.0 Å². The molecule has 154 valence electrons. The topological polar surface area (TPSA) is 89.2 Å². The average molecular weight is 420 g/mol. The Balaban J connectivity index is 1.63. The zero-order chi connectivity index (χ0) is 21.0. The second-order valence-corrected chi connectivity index (χ2v) is 7.36. The van der Waals surface area contributed by atoms with Gasteiger partial charge in [0.15, 0.2) is 6.04 Å². The Kier molecular flexibility index (Phi) is 6.56. The Hall–Kier alpha value is -2.84. The van der Waals surface area contributed by atoms with Gasteiger partial charge in [-0.15, -0.1) is 0 Å². The van der Waals surface area contributed by atoms with Crippen molar-refractivity contribution in [2.24, 2.45) is 0 Å². The molecule has 0 aliphatic carbocycles. The number of nitrogens with zero attached hydrogens (tertiary/aromatic N) is 2.